The summed E-state index contributed by atoms with van der Waals surface area (Å²) in [5.41, 5.74) is 2.04. The van der Waals surface area contributed by atoms with Gasteiger partial charge in [0.2, 0.25) is 0 Å². The first-order chi connectivity index (χ1) is 14.8. The molecule has 1 amide bonds. The van der Waals surface area contributed by atoms with Gasteiger partial charge in [-0.05, 0) is 59.4 Å². The normalized spacial score (nSPS) is 23.4. The summed E-state index contributed by atoms with van der Waals surface area (Å²) < 4.78 is 11.1. The standard InChI is InChI=1S/C22H28N6O3/c1-12-25-20(31-27-12)17-11-24-19-16(7-8-23-19)18(17)26-13-9-14-5-6-15(10-13)28(14)21(29)30-22(2,3)4/h7-8,11,13-15H,5-6,9-10H2,1-4H3,(H2,23,24,26)/t13?,14-,15+. The van der Waals surface area contributed by atoms with E-state index in [2.05, 4.69) is 25.4 Å². The Labute approximate surface area is 180 Å². The molecule has 2 saturated heterocycles. The summed E-state index contributed by atoms with van der Waals surface area (Å²) >= 11 is 0. The topological polar surface area (TPSA) is 109 Å². The predicted octanol–water partition coefficient (Wildman–Crippen LogP) is 4.26. The number of nitrogens with zero attached hydrogens (tertiary/aromatic N) is 4. The lowest BCUT2D eigenvalue weighted by Gasteiger charge is -2.40. The van der Waals surface area contributed by atoms with Crippen molar-refractivity contribution in [2.45, 2.75) is 77.1 Å². The van der Waals surface area contributed by atoms with E-state index < -0.39 is 5.60 Å². The van der Waals surface area contributed by atoms with Crippen LogP contribution in [-0.2, 0) is 4.74 Å². The van der Waals surface area contributed by atoms with E-state index in [1.165, 1.54) is 0 Å². The van der Waals surface area contributed by atoms with Crippen LogP contribution >= 0.6 is 0 Å². The first-order valence-electron chi connectivity index (χ1n) is 10.8. The molecule has 1 unspecified atom stereocenters. The number of rotatable bonds is 3. The van der Waals surface area contributed by atoms with Crippen molar-refractivity contribution in [3.63, 3.8) is 0 Å². The number of anilines is 1. The molecule has 2 fully saturated rings. The highest BCUT2D eigenvalue weighted by Crippen LogP contribution is 2.40. The largest absolute Gasteiger partial charge is 0.444 e. The van der Waals surface area contributed by atoms with Crippen molar-refractivity contribution >= 4 is 22.8 Å². The summed E-state index contributed by atoms with van der Waals surface area (Å²) in [7, 11) is 0. The molecule has 0 radical (unpaired) electrons. The molecule has 3 aromatic rings. The number of ether oxygens (including phenoxy) is 1. The maximum Gasteiger partial charge on any atom is 0.410 e. The molecule has 5 heterocycles. The molecule has 9 heteroatoms. The van der Waals surface area contributed by atoms with Gasteiger partial charge in [0, 0.05) is 35.9 Å². The fraction of sp³-hybridized carbons (Fsp3) is 0.545. The quantitative estimate of drug-likeness (QED) is 0.646. The van der Waals surface area contributed by atoms with Crippen molar-refractivity contribution in [1.29, 1.82) is 0 Å². The summed E-state index contributed by atoms with van der Waals surface area (Å²) in [5.74, 6) is 1.03. The average Bonchev–Trinajstić information content (AvgIpc) is 3.39. The third-order valence-corrected chi connectivity index (χ3v) is 6.03. The van der Waals surface area contributed by atoms with Crippen LogP contribution in [0.5, 0.6) is 0 Å². The number of amides is 1. The number of pyridine rings is 1. The fourth-order valence-corrected chi connectivity index (χ4v) is 4.84. The van der Waals surface area contributed by atoms with Gasteiger partial charge in [-0.2, -0.15) is 4.98 Å². The second-order valence-corrected chi connectivity index (χ2v) is 9.52. The van der Waals surface area contributed by atoms with Crippen LogP contribution in [0.15, 0.2) is 23.0 Å². The molecule has 164 valence electrons. The maximum atomic E-state index is 12.8. The van der Waals surface area contributed by atoms with E-state index in [0.29, 0.717) is 11.7 Å². The molecule has 31 heavy (non-hydrogen) atoms. The lowest BCUT2D eigenvalue weighted by Crippen LogP contribution is -2.51. The van der Waals surface area contributed by atoms with E-state index in [0.717, 1.165) is 48.0 Å². The minimum absolute atomic E-state index is 0.184. The molecule has 3 aromatic heterocycles. The lowest BCUT2D eigenvalue weighted by molar-refractivity contribution is 0.00684. The highest BCUT2D eigenvalue weighted by atomic mass is 16.6. The Morgan fingerprint density at radius 2 is 2.03 bits per heavy atom. The highest BCUT2D eigenvalue weighted by molar-refractivity contribution is 5.97. The number of carbonyl (C=O) groups is 1. The zero-order valence-corrected chi connectivity index (χ0v) is 18.3. The molecule has 5 rings (SSSR count). The minimum Gasteiger partial charge on any atom is -0.444 e. The number of aryl methyl sites for hydroxylation is 1. The fourth-order valence-electron chi connectivity index (χ4n) is 4.84. The number of piperidine rings is 1. The van der Waals surface area contributed by atoms with Crippen molar-refractivity contribution in [3.05, 3.63) is 24.3 Å². The molecule has 9 nitrogen and oxygen atoms in total. The summed E-state index contributed by atoms with van der Waals surface area (Å²) in [6.45, 7) is 7.53. The number of carbonyl (C=O) groups excluding carboxylic acids is 1. The molecule has 2 aliphatic heterocycles. The number of H-pyrrole nitrogens is 1. The highest BCUT2D eigenvalue weighted by Gasteiger charge is 2.45. The maximum absolute atomic E-state index is 12.8. The van der Waals surface area contributed by atoms with Crippen LogP contribution in [0.1, 0.15) is 52.3 Å². The minimum atomic E-state index is -0.486. The van der Waals surface area contributed by atoms with Gasteiger partial charge in [0.15, 0.2) is 5.82 Å². The average molecular weight is 425 g/mol. The monoisotopic (exact) mass is 424 g/mol. The van der Waals surface area contributed by atoms with Gasteiger partial charge < -0.3 is 24.5 Å². The molecule has 2 N–H and O–H groups in total. The molecule has 3 atom stereocenters. The lowest BCUT2D eigenvalue weighted by atomic mass is 9.96. The first-order valence-corrected chi connectivity index (χ1v) is 10.8. The summed E-state index contributed by atoms with van der Waals surface area (Å²) in [4.78, 5) is 26.8. The van der Waals surface area contributed by atoms with Gasteiger partial charge in [0.05, 0.1) is 11.3 Å². The molecule has 0 spiro atoms. The third kappa shape index (κ3) is 3.73. The van der Waals surface area contributed by atoms with Gasteiger partial charge >= 0.3 is 6.09 Å². The van der Waals surface area contributed by atoms with Crippen molar-refractivity contribution in [3.8, 4) is 11.5 Å². The van der Waals surface area contributed by atoms with E-state index in [-0.39, 0.29) is 24.2 Å². The molecule has 2 aliphatic rings. The number of nitrogens with one attached hydrogen (secondary N) is 2. The van der Waals surface area contributed by atoms with Crippen LogP contribution in [0, 0.1) is 6.92 Å². The smallest absolute Gasteiger partial charge is 0.410 e. The van der Waals surface area contributed by atoms with Crippen LogP contribution < -0.4 is 5.32 Å². The van der Waals surface area contributed by atoms with Crippen LogP contribution in [-0.4, -0.2) is 54.8 Å². The van der Waals surface area contributed by atoms with Gasteiger partial charge in [0.25, 0.3) is 5.89 Å². The molecule has 0 saturated carbocycles. The zero-order chi connectivity index (χ0) is 21.8. The van der Waals surface area contributed by atoms with Crippen molar-refractivity contribution < 1.29 is 14.1 Å². The summed E-state index contributed by atoms with van der Waals surface area (Å²) in [6, 6.07) is 2.59. The van der Waals surface area contributed by atoms with Crippen molar-refractivity contribution in [1.82, 2.24) is 25.0 Å². The number of hydrogen-bond donors (Lipinski definition) is 2. The van der Waals surface area contributed by atoms with E-state index >= 15 is 0 Å². The van der Waals surface area contributed by atoms with Crippen molar-refractivity contribution in [2.24, 2.45) is 0 Å². The van der Waals surface area contributed by atoms with Crippen LogP contribution in [0.25, 0.3) is 22.5 Å². The molecule has 0 aliphatic carbocycles. The SMILES string of the molecule is Cc1noc(-c2cnc3[nH]ccc3c2NC2C[C@H]3CC[C@@H](C2)N3C(=O)OC(C)(C)C)n1. The number of aromatic amines is 1. The van der Waals surface area contributed by atoms with Gasteiger partial charge in [-0.25, -0.2) is 9.78 Å². The predicted molar refractivity (Wildman–Crippen MR) is 116 cm³/mol. The van der Waals surface area contributed by atoms with Gasteiger partial charge in [0.1, 0.15) is 11.2 Å². The number of hydrogen-bond acceptors (Lipinski definition) is 7. The Bertz CT molecular complexity index is 1100. The second-order valence-electron chi connectivity index (χ2n) is 9.52. The summed E-state index contributed by atoms with van der Waals surface area (Å²) in [5, 5.41) is 8.64. The first kappa shape index (κ1) is 19.8. The summed E-state index contributed by atoms with van der Waals surface area (Å²) in [6.07, 6.45) is 7.19. The van der Waals surface area contributed by atoms with E-state index in [1.54, 1.807) is 13.1 Å². The Hall–Kier alpha value is -3.10. The zero-order valence-electron chi connectivity index (χ0n) is 18.3. The number of fused-ring (bicyclic) bond motifs is 3. The van der Waals surface area contributed by atoms with E-state index in [4.69, 9.17) is 9.26 Å². The van der Waals surface area contributed by atoms with E-state index in [9.17, 15) is 4.79 Å². The molecule has 2 bridgehead atoms. The number of aromatic nitrogens is 4. The van der Waals surface area contributed by atoms with Gasteiger partial charge in [-0.3, -0.25) is 0 Å². The Balaban J connectivity index is 1.41. The third-order valence-electron chi connectivity index (χ3n) is 6.03. The van der Waals surface area contributed by atoms with Crippen LogP contribution in [0.4, 0.5) is 10.5 Å². The van der Waals surface area contributed by atoms with Crippen LogP contribution in [0.3, 0.4) is 0 Å². The second kappa shape index (κ2) is 7.25. The molecular formula is C22H28N6O3. The molecular weight excluding hydrogens is 396 g/mol. The Morgan fingerprint density at radius 3 is 2.68 bits per heavy atom. The van der Waals surface area contributed by atoms with Crippen LogP contribution in [0.2, 0.25) is 0 Å². The Kier molecular flexibility index (Phi) is 4.64. The van der Waals surface area contributed by atoms with Crippen molar-refractivity contribution in [2.75, 3.05) is 5.32 Å². The Morgan fingerprint density at radius 1 is 1.29 bits per heavy atom. The van der Waals surface area contributed by atoms with Gasteiger partial charge in [-0.15, -0.1) is 0 Å². The van der Waals surface area contributed by atoms with Gasteiger partial charge in [-0.1, -0.05) is 5.16 Å². The molecule has 0 aromatic carbocycles. The van der Waals surface area contributed by atoms with E-state index in [1.807, 2.05) is 37.9 Å².